The molecule has 3 aromatic carbocycles. The van der Waals surface area contributed by atoms with E-state index in [0.29, 0.717) is 0 Å². The first-order chi connectivity index (χ1) is 12.8. The third-order valence-corrected chi connectivity index (χ3v) is 5.11. The Hall–Kier alpha value is -3.13. The first-order valence-corrected chi connectivity index (χ1v) is 8.82. The van der Waals surface area contributed by atoms with Crippen molar-refractivity contribution in [1.29, 1.82) is 0 Å². The molecule has 126 valence electrons. The van der Waals surface area contributed by atoms with Crippen molar-refractivity contribution < 1.29 is 9.13 Å². The summed E-state index contributed by atoms with van der Waals surface area (Å²) >= 11 is 0. The quantitative estimate of drug-likeness (QED) is 0.544. The Morgan fingerprint density at radius 2 is 1.58 bits per heavy atom. The molecule has 0 fully saturated rings. The van der Waals surface area contributed by atoms with E-state index in [1.54, 1.807) is 6.07 Å². The fourth-order valence-electron chi connectivity index (χ4n) is 3.94. The van der Waals surface area contributed by atoms with Crippen molar-refractivity contribution in [2.45, 2.75) is 12.3 Å². The van der Waals surface area contributed by atoms with Gasteiger partial charge in [0.15, 0.2) is 0 Å². The lowest BCUT2D eigenvalue weighted by atomic mass is 9.92. The van der Waals surface area contributed by atoms with Crippen LogP contribution in [0.2, 0.25) is 0 Å². The van der Waals surface area contributed by atoms with Crippen LogP contribution in [0.3, 0.4) is 0 Å². The first kappa shape index (κ1) is 15.2. The van der Waals surface area contributed by atoms with Gasteiger partial charge in [-0.1, -0.05) is 66.7 Å². The summed E-state index contributed by atoms with van der Waals surface area (Å²) in [6.45, 7) is 0. The van der Waals surface area contributed by atoms with E-state index < -0.39 is 0 Å². The second-order valence-corrected chi connectivity index (χ2v) is 6.66. The minimum atomic E-state index is -0.208. The summed E-state index contributed by atoms with van der Waals surface area (Å²) in [5, 5.41) is 0. The molecule has 0 saturated heterocycles. The van der Waals surface area contributed by atoms with Gasteiger partial charge in [0.05, 0.1) is 5.92 Å². The number of benzene rings is 3. The number of hydrogen-bond acceptors (Lipinski definition) is 1. The van der Waals surface area contributed by atoms with E-state index in [1.165, 1.54) is 6.07 Å². The van der Waals surface area contributed by atoms with Gasteiger partial charge in [0.25, 0.3) is 0 Å². The second kappa shape index (κ2) is 5.99. The van der Waals surface area contributed by atoms with Gasteiger partial charge >= 0.3 is 0 Å². The fourth-order valence-corrected chi connectivity index (χ4v) is 3.94. The van der Waals surface area contributed by atoms with E-state index in [9.17, 15) is 4.39 Å². The van der Waals surface area contributed by atoms with Crippen LogP contribution >= 0.6 is 0 Å². The maximum Gasteiger partial charge on any atom is 0.130 e. The van der Waals surface area contributed by atoms with Crippen LogP contribution in [0, 0.1) is 5.82 Å². The van der Waals surface area contributed by atoms with Gasteiger partial charge in [0.1, 0.15) is 17.3 Å². The Morgan fingerprint density at radius 3 is 2.35 bits per heavy atom. The van der Waals surface area contributed by atoms with Crippen LogP contribution in [-0.4, -0.2) is 0 Å². The fraction of sp³-hybridized carbons (Fsp3) is 0.0833. The zero-order valence-electron chi connectivity index (χ0n) is 14.2. The molecule has 1 unspecified atom stereocenters. The second-order valence-electron chi connectivity index (χ2n) is 6.66. The van der Waals surface area contributed by atoms with Crippen molar-refractivity contribution >= 4 is 11.3 Å². The van der Waals surface area contributed by atoms with E-state index in [4.69, 9.17) is 4.74 Å². The number of allylic oxidation sites excluding steroid dienone is 3. The van der Waals surface area contributed by atoms with E-state index in [2.05, 4.69) is 30.3 Å². The van der Waals surface area contributed by atoms with E-state index >= 15 is 0 Å². The van der Waals surface area contributed by atoms with Crippen molar-refractivity contribution in [3.05, 3.63) is 119 Å². The van der Waals surface area contributed by atoms with Gasteiger partial charge in [-0.25, -0.2) is 4.39 Å². The van der Waals surface area contributed by atoms with Crippen molar-refractivity contribution in [1.82, 2.24) is 0 Å². The molecule has 26 heavy (non-hydrogen) atoms. The van der Waals surface area contributed by atoms with Gasteiger partial charge in [-0.15, -0.1) is 0 Å². The molecule has 0 amide bonds. The van der Waals surface area contributed by atoms with Crippen molar-refractivity contribution in [3.63, 3.8) is 0 Å². The Bertz CT molecular complexity index is 1030. The smallest absolute Gasteiger partial charge is 0.130 e. The van der Waals surface area contributed by atoms with Crippen LogP contribution in [-0.2, 0) is 4.74 Å². The predicted molar refractivity (Wildman–Crippen MR) is 102 cm³/mol. The topological polar surface area (TPSA) is 9.23 Å². The maximum absolute atomic E-state index is 14.0. The van der Waals surface area contributed by atoms with Crippen molar-refractivity contribution in [2.24, 2.45) is 0 Å². The zero-order valence-corrected chi connectivity index (χ0v) is 14.2. The van der Waals surface area contributed by atoms with Gasteiger partial charge in [-0.05, 0) is 41.3 Å². The SMILES string of the molecule is Fc1ccc2c(c1)C(c1ccccc1)C1=C2CC=C(c2ccccc2)O1. The summed E-state index contributed by atoms with van der Waals surface area (Å²) < 4.78 is 20.4. The van der Waals surface area contributed by atoms with Crippen LogP contribution in [0.15, 0.2) is 90.7 Å². The number of halogens is 1. The molecule has 0 aromatic heterocycles. The van der Waals surface area contributed by atoms with E-state index in [-0.39, 0.29) is 11.7 Å². The van der Waals surface area contributed by atoms with Gasteiger partial charge in [-0.2, -0.15) is 0 Å². The summed E-state index contributed by atoms with van der Waals surface area (Å²) in [6, 6.07) is 25.4. The molecule has 0 N–H and O–H groups in total. The van der Waals surface area contributed by atoms with Gasteiger partial charge < -0.3 is 4.74 Å². The monoisotopic (exact) mass is 340 g/mol. The molecule has 1 atom stereocenters. The van der Waals surface area contributed by atoms with Crippen molar-refractivity contribution in [2.75, 3.05) is 0 Å². The molecule has 1 nitrogen and oxygen atoms in total. The average molecular weight is 340 g/mol. The highest BCUT2D eigenvalue weighted by molar-refractivity contribution is 5.83. The van der Waals surface area contributed by atoms with Gasteiger partial charge in [0.2, 0.25) is 0 Å². The lowest BCUT2D eigenvalue weighted by Gasteiger charge is -2.22. The van der Waals surface area contributed by atoms with Crippen LogP contribution in [0.5, 0.6) is 0 Å². The Labute approximate surface area is 152 Å². The number of ether oxygens (including phenoxy) is 1. The standard InChI is InChI=1S/C24H17FO/c25-18-11-12-19-20-13-14-22(16-7-3-1-4-8-16)26-24(20)23(21(19)15-18)17-9-5-2-6-10-17/h1-12,14-15,23H,13H2. The van der Waals surface area contributed by atoms with Crippen LogP contribution in [0.1, 0.15) is 34.6 Å². The number of fused-ring (bicyclic) bond motifs is 2. The molecule has 1 aliphatic heterocycles. The highest BCUT2D eigenvalue weighted by Crippen LogP contribution is 2.50. The third kappa shape index (κ3) is 2.38. The molecular formula is C24H17FO. The Kier molecular flexibility index (Phi) is 3.49. The minimum absolute atomic E-state index is 0.0655. The molecule has 0 bridgehead atoms. The Balaban J connectivity index is 1.62. The van der Waals surface area contributed by atoms with E-state index in [1.807, 2.05) is 42.5 Å². The summed E-state index contributed by atoms with van der Waals surface area (Å²) in [6.07, 6.45) is 2.91. The average Bonchev–Trinajstić information content (AvgIpc) is 3.02. The third-order valence-electron chi connectivity index (χ3n) is 5.11. The number of hydrogen-bond donors (Lipinski definition) is 0. The molecule has 1 heterocycles. The minimum Gasteiger partial charge on any atom is -0.460 e. The summed E-state index contributed by atoms with van der Waals surface area (Å²) in [5.74, 6) is 1.53. The molecule has 0 saturated carbocycles. The van der Waals surface area contributed by atoms with Crippen LogP contribution < -0.4 is 0 Å². The highest BCUT2D eigenvalue weighted by Gasteiger charge is 2.36. The van der Waals surface area contributed by atoms with E-state index in [0.717, 1.165) is 45.8 Å². The van der Waals surface area contributed by atoms with Gasteiger partial charge in [0, 0.05) is 11.1 Å². The molecule has 0 radical (unpaired) electrons. The molecule has 2 aliphatic rings. The zero-order chi connectivity index (χ0) is 17.5. The predicted octanol–water partition coefficient (Wildman–Crippen LogP) is 6.14. The Morgan fingerprint density at radius 1 is 0.846 bits per heavy atom. The lowest BCUT2D eigenvalue weighted by Crippen LogP contribution is -2.07. The first-order valence-electron chi connectivity index (χ1n) is 8.82. The van der Waals surface area contributed by atoms with Gasteiger partial charge in [-0.3, -0.25) is 0 Å². The summed E-state index contributed by atoms with van der Waals surface area (Å²) in [7, 11) is 0. The summed E-state index contributed by atoms with van der Waals surface area (Å²) in [4.78, 5) is 0. The summed E-state index contributed by atoms with van der Waals surface area (Å²) in [5.41, 5.74) is 5.43. The van der Waals surface area contributed by atoms with Crippen molar-refractivity contribution in [3.8, 4) is 0 Å². The largest absolute Gasteiger partial charge is 0.460 e. The molecule has 3 aromatic rings. The molecular weight excluding hydrogens is 323 g/mol. The highest BCUT2D eigenvalue weighted by atomic mass is 19.1. The van der Waals surface area contributed by atoms with Crippen LogP contribution in [0.25, 0.3) is 11.3 Å². The normalized spacial score (nSPS) is 18.0. The molecule has 0 spiro atoms. The molecule has 1 aliphatic carbocycles. The molecule has 5 rings (SSSR count). The van der Waals surface area contributed by atoms with Crippen LogP contribution in [0.4, 0.5) is 4.39 Å². The lowest BCUT2D eigenvalue weighted by molar-refractivity contribution is 0.357. The molecule has 2 heteroatoms. The number of rotatable bonds is 2. The maximum atomic E-state index is 14.0.